The topological polar surface area (TPSA) is 48.4 Å². The molecule has 0 saturated carbocycles. The predicted octanol–water partition coefficient (Wildman–Crippen LogP) is 4.81. The molecule has 0 aliphatic carbocycles. The fraction of sp³-hybridized carbons (Fsp3) is 0.474. The van der Waals surface area contributed by atoms with Gasteiger partial charge in [0.25, 0.3) is 0 Å². The average Bonchev–Trinajstić information content (AvgIpc) is 2.86. The maximum Gasteiger partial charge on any atom is 0.350 e. The Morgan fingerprint density at radius 1 is 1.25 bits per heavy atom. The SMILES string of the molecule is CCOC(=O)c1sc(COc2ccc(C)cc2C(C)(C)C)nc1C. The molecule has 130 valence electrons. The summed E-state index contributed by atoms with van der Waals surface area (Å²) in [6.07, 6.45) is 0. The summed E-state index contributed by atoms with van der Waals surface area (Å²) in [4.78, 5) is 16.9. The van der Waals surface area contributed by atoms with Crippen molar-refractivity contribution in [1.82, 2.24) is 4.98 Å². The maximum absolute atomic E-state index is 11.9. The summed E-state index contributed by atoms with van der Waals surface area (Å²) in [7, 11) is 0. The molecule has 4 nitrogen and oxygen atoms in total. The van der Waals surface area contributed by atoms with Crippen LogP contribution in [-0.4, -0.2) is 17.6 Å². The van der Waals surface area contributed by atoms with Crippen molar-refractivity contribution in [1.29, 1.82) is 0 Å². The minimum Gasteiger partial charge on any atom is -0.486 e. The molecule has 0 spiro atoms. The van der Waals surface area contributed by atoms with Gasteiger partial charge in [-0.2, -0.15) is 0 Å². The first kappa shape index (κ1) is 18.5. The molecule has 0 amide bonds. The second kappa shape index (κ2) is 7.34. The molecule has 0 atom stereocenters. The van der Waals surface area contributed by atoms with Gasteiger partial charge in [0.15, 0.2) is 0 Å². The second-order valence-corrected chi connectivity index (χ2v) is 7.86. The van der Waals surface area contributed by atoms with Crippen LogP contribution in [0.15, 0.2) is 18.2 Å². The lowest BCUT2D eigenvalue weighted by molar-refractivity contribution is 0.0531. The molecule has 5 heteroatoms. The third-order valence-electron chi connectivity index (χ3n) is 3.60. The minimum absolute atomic E-state index is 0.00373. The monoisotopic (exact) mass is 347 g/mol. The Balaban J connectivity index is 2.18. The Hall–Kier alpha value is -1.88. The lowest BCUT2D eigenvalue weighted by Crippen LogP contribution is -2.13. The molecule has 0 N–H and O–H groups in total. The van der Waals surface area contributed by atoms with Gasteiger partial charge in [0.05, 0.1) is 12.3 Å². The Morgan fingerprint density at radius 3 is 2.58 bits per heavy atom. The molecule has 0 unspecified atom stereocenters. The van der Waals surface area contributed by atoms with Crippen molar-refractivity contribution in [3.63, 3.8) is 0 Å². The molecular weight excluding hydrogens is 322 g/mol. The van der Waals surface area contributed by atoms with Crippen molar-refractivity contribution in [3.05, 3.63) is 44.9 Å². The molecule has 2 aromatic rings. The van der Waals surface area contributed by atoms with E-state index in [9.17, 15) is 4.79 Å². The van der Waals surface area contributed by atoms with E-state index in [-0.39, 0.29) is 11.4 Å². The number of ether oxygens (including phenoxy) is 2. The normalized spacial score (nSPS) is 11.4. The van der Waals surface area contributed by atoms with Crippen LogP contribution in [0.3, 0.4) is 0 Å². The fourth-order valence-corrected chi connectivity index (χ4v) is 3.27. The van der Waals surface area contributed by atoms with E-state index in [1.807, 2.05) is 19.1 Å². The van der Waals surface area contributed by atoms with Crippen LogP contribution in [-0.2, 0) is 16.8 Å². The number of thiazole rings is 1. The van der Waals surface area contributed by atoms with Crippen LogP contribution in [0.2, 0.25) is 0 Å². The van der Waals surface area contributed by atoms with Gasteiger partial charge in [-0.05, 0) is 37.8 Å². The van der Waals surface area contributed by atoms with E-state index in [2.05, 4.69) is 38.7 Å². The molecule has 1 heterocycles. The van der Waals surface area contributed by atoms with E-state index < -0.39 is 0 Å². The molecule has 0 saturated heterocycles. The van der Waals surface area contributed by atoms with E-state index in [0.717, 1.165) is 10.8 Å². The number of nitrogens with zero attached hydrogens (tertiary/aromatic N) is 1. The van der Waals surface area contributed by atoms with Crippen molar-refractivity contribution < 1.29 is 14.3 Å². The van der Waals surface area contributed by atoms with Crippen LogP contribution >= 0.6 is 11.3 Å². The highest BCUT2D eigenvalue weighted by Crippen LogP contribution is 2.33. The number of aryl methyl sites for hydroxylation is 2. The van der Waals surface area contributed by atoms with Gasteiger partial charge < -0.3 is 9.47 Å². The predicted molar refractivity (Wildman–Crippen MR) is 97.0 cm³/mol. The third kappa shape index (κ3) is 4.35. The number of esters is 1. The van der Waals surface area contributed by atoms with Crippen molar-refractivity contribution in [2.24, 2.45) is 0 Å². The standard InChI is InChI=1S/C19H25NO3S/c1-7-22-18(21)17-13(3)20-16(24-17)11-23-15-9-8-12(2)10-14(15)19(4,5)6/h8-10H,7,11H2,1-6H3. The number of carbonyl (C=O) groups is 1. The van der Waals surface area contributed by atoms with Crippen LogP contribution in [0.1, 0.15) is 59.2 Å². The van der Waals surface area contributed by atoms with Gasteiger partial charge in [-0.1, -0.05) is 38.5 Å². The fourth-order valence-electron chi connectivity index (χ4n) is 2.40. The number of hydrogen-bond donors (Lipinski definition) is 0. The van der Waals surface area contributed by atoms with Gasteiger partial charge in [0.1, 0.15) is 22.2 Å². The summed E-state index contributed by atoms with van der Waals surface area (Å²) < 4.78 is 11.1. The molecule has 0 fully saturated rings. The van der Waals surface area contributed by atoms with Crippen LogP contribution in [0, 0.1) is 13.8 Å². The van der Waals surface area contributed by atoms with Crippen molar-refractivity contribution in [3.8, 4) is 5.75 Å². The van der Waals surface area contributed by atoms with Gasteiger partial charge in [0.2, 0.25) is 0 Å². The summed E-state index contributed by atoms with van der Waals surface area (Å²) in [5, 5.41) is 0.774. The van der Waals surface area contributed by atoms with E-state index in [4.69, 9.17) is 9.47 Å². The molecule has 0 radical (unpaired) electrons. The summed E-state index contributed by atoms with van der Waals surface area (Å²) in [5.74, 6) is 0.545. The summed E-state index contributed by atoms with van der Waals surface area (Å²) in [5.41, 5.74) is 3.07. The number of rotatable bonds is 5. The van der Waals surface area contributed by atoms with E-state index in [0.29, 0.717) is 23.8 Å². The van der Waals surface area contributed by atoms with Gasteiger partial charge in [-0.25, -0.2) is 9.78 Å². The molecule has 24 heavy (non-hydrogen) atoms. The molecule has 0 aliphatic heterocycles. The molecule has 0 aliphatic rings. The van der Waals surface area contributed by atoms with E-state index in [1.54, 1.807) is 6.92 Å². The highest BCUT2D eigenvalue weighted by atomic mass is 32.1. The lowest BCUT2D eigenvalue weighted by atomic mass is 9.85. The van der Waals surface area contributed by atoms with Gasteiger partial charge in [-0.3, -0.25) is 0 Å². The Morgan fingerprint density at radius 2 is 1.96 bits per heavy atom. The number of carbonyl (C=O) groups excluding carboxylic acids is 1. The highest BCUT2D eigenvalue weighted by molar-refractivity contribution is 7.13. The maximum atomic E-state index is 11.9. The zero-order valence-electron chi connectivity index (χ0n) is 15.2. The van der Waals surface area contributed by atoms with Crippen LogP contribution < -0.4 is 4.74 Å². The van der Waals surface area contributed by atoms with Gasteiger partial charge in [-0.15, -0.1) is 11.3 Å². The van der Waals surface area contributed by atoms with E-state index >= 15 is 0 Å². The quantitative estimate of drug-likeness (QED) is 0.728. The Bertz CT molecular complexity index is 729. The van der Waals surface area contributed by atoms with Gasteiger partial charge >= 0.3 is 5.97 Å². The zero-order valence-corrected chi connectivity index (χ0v) is 16.0. The number of benzene rings is 1. The number of aromatic nitrogens is 1. The van der Waals surface area contributed by atoms with Crippen LogP contribution in [0.4, 0.5) is 0 Å². The van der Waals surface area contributed by atoms with Crippen molar-refractivity contribution >= 4 is 17.3 Å². The molecule has 2 rings (SSSR count). The smallest absolute Gasteiger partial charge is 0.350 e. The van der Waals surface area contributed by atoms with Crippen LogP contribution in [0.25, 0.3) is 0 Å². The highest BCUT2D eigenvalue weighted by Gasteiger charge is 2.20. The van der Waals surface area contributed by atoms with Crippen molar-refractivity contribution in [2.45, 2.75) is 53.6 Å². The third-order valence-corrected chi connectivity index (χ3v) is 4.71. The first-order valence-electron chi connectivity index (χ1n) is 8.09. The minimum atomic E-state index is -0.315. The zero-order chi connectivity index (χ0) is 17.9. The largest absolute Gasteiger partial charge is 0.486 e. The van der Waals surface area contributed by atoms with Crippen LogP contribution in [0.5, 0.6) is 5.75 Å². The van der Waals surface area contributed by atoms with Crippen molar-refractivity contribution in [2.75, 3.05) is 6.61 Å². The first-order valence-corrected chi connectivity index (χ1v) is 8.91. The average molecular weight is 347 g/mol. The Labute approximate surface area is 147 Å². The number of hydrogen-bond acceptors (Lipinski definition) is 5. The summed E-state index contributed by atoms with van der Waals surface area (Å²) in [6, 6.07) is 6.21. The molecule has 0 bridgehead atoms. The second-order valence-electron chi connectivity index (χ2n) is 6.78. The molecule has 1 aromatic heterocycles. The summed E-state index contributed by atoms with van der Waals surface area (Å²) in [6.45, 7) is 12.9. The molecule has 1 aromatic carbocycles. The summed E-state index contributed by atoms with van der Waals surface area (Å²) >= 11 is 1.33. The molecular formula is C19H25NO3S. The van der Waals surface area contributed by atoms with Gasteiger partial charge in [0, 0.05) is 0 Å². The Kier molecular flexibility index (Phi) is 5.65. The van der Waals surface area contributed by atoms with E-state index in [1.165, 1.54) is 22.5 Å². The lowest BCUT2D eigenvalue weighted by Gasteiger charge is -2.23. The first-order chi connectivity index (χ1) is 11.2.